The zero-order chi connectivity index (χ0) is 12.9. The maximum absolute atomic E-state index is 5.06. The Bertz CT molecular complexity index is 161. The van der Waals surface area contributed by atoms with Gasteiger partial charge in [0.15, 0.2) is 0 Å². The van der Waals surface area contributed by atoms with Gasteiger partial charge >= 0.3 is 0 Å². The Hall–Kier alpha value is -0.0400. The van der Waals surface area contributed by atoms with Crippen molar-refractivity contribution < 1.29 is 4.74 Å². The molecule has 1 rings (SSSR count). The van der Waals surface area contributed by atoms with Crippen LogP contribution >= 0.6 is 0 Å². The molecule has 0 saturated heterocycles. The summed E-state index contributed by atoms with van der Waals surface area (Å²) in [7, 11) is 1.80. The highest BCUT2D eigenvalue weighted by Crippen LogP contribution is 2.29. The molecule has 0 radical (unpaired) electrons. The van der Waals surface area contributed by atoms with Gasteiger partial charge in [-0.05, 0) is 12.3 Å². The van der Waals surface area contributed by atoms with Gasteiger partial charge in [0.1, 0.15) is 0 Å². The van der Waals surface area contributed by atoms with E-state index in [1.807, 2.05) is 0 Å². The van der Waals surface area contributed by atoms with Crippen LogP contribution in [0.5, 0.6) is 0 Å². The van der Waals surface area contributed by atoms with Crippen LogP contribution < -0.4 is 0 Å². The summed E-state index contributed by atoms with van der Waals surface area (Å²) in [6.45, 7) is 0.946. The second-order valence-electron chi connectivity index (χ2n) is 6.11. The monoisotopic (exact) mass is 254 g/mol. The lowest BCUT2D eigenvalue weighted by atomic mass is 9.99. The van der Waals surface area contributed by atoms with E-state index in [0.29, 0.717) is 0 Å². The maximum atomic E-state index is 5.06. The molecule has 1 nitrogen and oxygen atoms in total. The molecule has 108 valence electrons. The summed E-state index contributed by atoms with van der Waals surface area (Å²) in [6, 6.07) is 0. The highest BCUT2D eigenvalue weighted by Gasteiger charge is 2.13. The first-order chi connectivity index (χ1) is 8.93. The van der Waals surface area contributed by atoms with Crippen LogP contribution in [0, 0.1) is 5.92 Å². The van der Waals surface area contributed by atoms with Crippen LogP contribution in [0.4, 0.5) is 0 Å². The number of unbranched alkanes of at least 4 members (excludes halogenated alkanes) is 8. The van der Waals surface area contributed by atoms with Crippen LogP contribution in [0.1, 0.15) is 89.9 Å². The molecule has 18 heavy (non-hydrogen) atoms. The van der Waals surface area contributed by atoms with Crippen molar-refractivity contribution in [1.29, 1.82) is 0 Å². The van der Waals surface area contributed by atoms with E-state index < -0.39 is 0 Å². The molecule has 1 heteroatoms. The van der Waals surface area contributed by atoms with Crippen molar-refractivity contribution in [3.8, 4) is 0 Å². The Morgan fingerprint density at radius 1 is 0.722 bits per heavy atom. The lowest BCUT2D eigenvalue weighted by Crippen LogP contribution is -1.92. The minimum Gasteiger partial charge on any atom is -0.385 e. The number of hydrogen-bond acceptors (Lipinski definition) is 1. The number of rotatable bonds is 12. The van der Waals surface area contributed by atoms with Crippen LogP contribution in [0.3, 0.4) is 0 Å². The van der Waals surface area contributed by atoms with Gasteiger partial charge in [0.05, 0.1) is 0 Å². The number of hydrogen-bond donors (Lipinski definition) is 0. The topological polar surface area (TPSA) is 9.23 Å². The molecule has 1 aliphatic rings. The Kier molecular flexibility index (Phi) is 10.7. The quantitative estimate of drug-likeness (QED) is 0.404. The summed E-state index contributed by atoms with van der Waals surface area (Å²) in [4.78, 5) is 0. The van der Waals surface area contributed by atoms with Crippen LogP contribution in [0.15, 0.2) is 0 Å². The fourth-order valence-corrected chi connectivity index (χ4v) is 3.22. The Morgan fingerprint density at radius 2 is 1.22 bits per heavy atom. The largest absolute Gasteiger partial charge is 0.385 e. The zero-order valence-electron chi connectivity index (χ0n) is 12.6. The first-order valence-electron chi connectivity index (χ1n) is 8.42. The van der Waals surface area contributed by atoms with Crippen LogP contribution in [-0.4, -0.2) is 13.7 Å². The summed E-state index contributed by atoms with van der Waals surface area (Å²) in [5, 5.41) is 0. The van der Waals surface area contributed by atoms with Crippen LogP contribution in [-0.2, 0) is 4.74 Å². The third kappa shape index (κ3) is 8.97. The highest BCUT2D eigenvalue weighted by atomic mass is 16.5. The fourth-order valence-electron chi connectivity index (χ4n) is 3.22. The third-order valence-electron chi connectivity index (χ3n) is 4.44. The smallest absolute Gasteiger partial charge is 0.0462 e. The summed E-state index contributed by atoms with van der Waals surface area (Å²) in [5.74, 6) is 1.10. The molecule has 0 aliphatic heterocycles. The third-order valence-corrected chi connectivity index (χ3v) is 4.44. The van der Waals surface area contributed by atoms with Gasteiger partial charge in [-0.25, -0.2) is 0 Å². The van der Waals surface area contributed by atoms with Crippen molar-refractivity contribution in [2.45, 2.75) is 89.9 Å². The van der Waals surface area contributed by atoms with E-state index in [1.165, 1.54) is 89.9 Å². The average molecular weight is 254 g/mol. The van der Waals surface area contributed by atoms with E-state index in [-0.39, 0.29) is 0 Å². The molecule has 0 amide bonds. The van der Waals surface area contributed by atoms with Gasteiger partial charge < -0.3 is 4.74 Å². The minimum absolute atomic E-state index is 0.946. The predicted molar refractivity (Wildman–Crippen MR) is 80.0 cm³/mol. The summed E-state index contributed by atoms with van der Waals surface area (Å²) in [6.07, 6.45) is 20.4. The zero-order valence-corrected chi connectivity index (χ0v) is 12.6. The van der Waals surface area contributed by atoms with Crippen molar-refractivity contribution in [2.75, 3.05) is 13.7 Å². The molecule has 0 atom stereocenters. The fraction of sp³-hybridized carbons (Fsp3) is 1.00. The van der Waals surface area contributed by atoms with E-state index in [0.717, 1.165) is 12.5 Å². The molecule has 0 aromatic heterocycles. The molecule has 0 aromatic rings. The van der Waals surface area contributed by atoms with E-state index >= 15 is 0 Å². The van der Waals surface area contributed by atoms with Crippen molar-refractivity contribution in [2.24, 2.45) is 5.92 Å². The van der Waals surface area contributed by atoms with Gasteiger partial charge in [0.2, 0.25) is 0 Å². The number of methoxy groups -OCH3 is 1. The molecule has 0 N–H and O–H groups in total. The van der Waals surface area contributed by atoms with Crippen molar-refractivity contribution >= 4 is 0 Å². The van der Waals surface area contributed by atoms with Crippen molar-refractivity contribution in [3.05, 3.63) is 0 Å². The molecular weight excluding hydrogens is 220 g/mol. The molecule has 0 heterocycles. The van der Waals surface area contributed by atoms with E-state index in [1.54, 1.807) is 7.11 Å². The van der Waals surface area contributed by atoms with E-state index in [4.69, 9.17) is 4.74 Å². The standard InChI is InChI=1S/C17H34O/c1-18-16-12-8-6-4-2-3-5-7-9-13-17-14-10-11-15-17/h17H,2-16H2,1H3. The Morgan fingerprint density at radius 3 is 1.78 bits per heavy atom. The van der Waals surface area contributed by atoms with E-state index in [2.05, 4.69) is 0 Å². The average Bonchev–Trinajstić information content (AvgIpc) is 2.89. The lowest BCUT2D eigenvalue weighted by molar-refractivity contribution is 0.192. The molecular formula is C17H34O. The van der Waals surface area contributed by atoms with Crippen molar-refractivity contribution in [3.63, 3.8) is 0 Å². The van der Waals surface area contributed by atoms with Gasteiger partial charge in [-0.2, -0.15) is 0 Å². The summed E-state index contributed by atoms with van der Waals surface area (Å²) in [5.41, 5.74) is 0. The van der Waals surface area contributed by atoms with Gasteiger partial charge in [0, 0.05) is 13.7 Å². The molecule has 0 spiro atoms. The second-order valence-corrected chi connectivity index (χ2v) is 6.11. The molecule has 0 bridgehead atoms. The molecule has 1 saturated carbocycles. The number of ether oxygens (including phenoxy) is 1. The normalized spacial score (nSPS) is 16.5. The van der Waals surface area contributed by atoms with Gasteiger partial charge in [-0.1, -0.05) is 83.5 Å². The summed E-state index contributed by atoms with van der Waals surface area (Å²) >= 11 is 0. The Balaban J connectivity index is 1.68. The molecule has 1 fully saturated rings. The molecule has 0 aromatic carbocycles. The maximum Gasteiger partial charge on any atom is 0.0462 e. The van der Waals surface area contributed by atoms with Gasteiger partial charge in [0.25, 0.3) is 0 Å². The lowest BCUT2D eigenvalue weighted by Gasteiger charge is -2.07. The molecule has 1 aliphatic carbocycles. The first-order valence-corrected chi connectivity index (χ1v) is 8.42. The predicted octanol–water partition coefficient (Wildman–Crippen LogP) is 5.72. The SMILES string of the molecule is COCCCCCCCCCCCC1CCCC1. The highest BCUT2D eigenvalue weighted by molar-refractivity contribution is 4.66. The Labute approximate surface area is 115 Å². The van der Waals surface area contributed by atoms with Crippen molar-refractivity contribution in [1.82, 2.24) is 0 Å². The summed E-state index contributed by atoms with van der Waals surface area (Å²) < 4.78 is 5.06. The minimum atomic E-state index is 0.946. The second kappa shape index (κ2) is 12.0. The van der Waals surface area contributed by atoms with Crippen LogP contribution in [0.25, 0.3) is 0 Å². The van der Waals surface area contributed by atoms with Gasteiger partial charge in [-0.15, -0.1) is 0 Å². The first kappa shape index (κ1) is 16.0. The van der Waals surface area contributed by atoms with E-state index in [9.17, 15) is 0 Å². The van der Waals surface area contributed by atoms with Crippen LogP contribution in [0.2, 0.25) is 0 Å². The van der Waals surface area contributed by atoms with Gasteiger partial charge in [-0.3, -0.25) is 0 Å². The molecule has 0 unspecified atom stereocenters.